The van der Waals surface area contributed by atoms with Crippen molar-refractivity contribution in [1.82, 2.24) is 9.97 Å². The number of methoxy groups -OCH3 is 1. The van der Waals surface area contributed by atoms with Gasteiger partial charge in [0.15, 0.2) is 5.82 Å². The summed E-state index contributed by atoms with van der Waals surface area (Å²) in [4.78, 5) is 14.6. The molecule has 3 saturated heterocycles. The van der Waals surface area contributed by atoms with Gasteiger partial charge in [0.05, 0.1) is 18.3 Å². The molecule has 0 radical (unpaired) electrons. The van der Waals surface area contributed by atoms with Crippen LogP contribution in [0.25, 0.3) is 11.4 Å². The smallest absolute Gasteiger partial charge is 0.163 e. The van der Waals surface area contributed by atoms with Crippen LogP contribution in [0.2, 0.25) is 0 Å². The molecule has 3 fully saturated rings. The number of hydrogen-bond acceptors (Lipinski definition) is 7. The van der Waals surface area contributed by atoms with Crippen LogP contribution in [0.3, 0.4) is 0 Å². The summed E-state index contributed by atoms with van der Waals surface area (Å²) < 4.78 is 11.7. The van der Waals surface area contributed by atoms with Gasteiger partial charge in [-0.3, -0.25) is 0 Å². The maximum Gasteiger partial charge on any atom is 0.163 e. The van der Waals surface area contributed by atoms with E-state index in [0.29, 0.717) is 12.2 Å². The molecule has 0 amide bonds. The number of fused-ring (bicyclic) bond motifs is 2. The molecule has 154 valence electrons. The van der Waals surface area contributed by atoms with Crippen LogP contribution in [0.4, 0.5) is 17.3 Å². The number of nitrogens with two attached hydrogens (primary N) is 1. The second kappa shape index (κ2) is 7.80. The number of benzene rings is 1. The molecule has 7 nitrogen and oxygen atoms in total. The minimum atomic E-state index is 0.251. The molecule has 1 aromatic carbocycles. The Morgan fingerprint density at radius 1 is 0.966 bits per heavy atom. The van der Waals surface area contributed by atoms with E-state index in [9.17, 15) is 0 Å². The summed E-state index contributed by atoms with van der Waals surface area (Å²) >= 11 is 0. The molecule has 3 unspecified atom stereocenters. The fourth-order valence-electron chi connectivity index (χ4n) is 4.65. The quantitative estimate of drug-likeness (QED) is 0.798. The van der Waals surface area contributed by atoms with Crippen LogP contribution < -0.4 is 15.5 Å². The molecule has 2 bridgehead atoms. The average molecular weight is 396 g/mol. The van der Waals surface area contributed by atoms with Gasteiger partial charge in [0.2, 0.25) is 0 Å². The van der Waals surface area contributed by atoms with Gasteiger partial charge < -0.3 is 25.0 Å². The molecular formula is C22H29N5O2. The maximum atomic E-state index is 6.03. The van der Waals surface area contributed by atoms with Crippen LogP contribution in [0.1, 0.15) is 25.7 Å². The number of anilines is 3. The average Bonchev–Trinajstić information content (AvgIpc) is 3.11. The van der Waals surface area contributed by atoms with Gasteiger partial charge in [-0.1, -0.05) is 0 Å². The number of aromatic nitrogens is 2. The lowest BCUT2D eigenvalue weighted by Gasteiger charge is -2.35. The van der Waals surface area contributed by atoms with E-state index in [1.807, 2.05) is 24.3 Å². The Morgan fingerprint density at radius 2 is 1.66 bits per heavy atom. The van der Waals surface area contributed by atoms with Gasteiger partial charge in [0.25, 0.3) is 0 Å². The second-order valence-corrected chi connectivity index (χ2v) is 8.34. The Hall–Kier alpha value is -2.38. The molecule has 5 rings (SSSR count). The molecule has 3 aliphatic heterocycles. The predicted octanol–water partition coefficient (Wildman–Crippen LogP) is 2.71. The lowest BCUT2D eigenvalue weighted by Crippen LogP contribution is -2.43. The summed E-state index contributed by atoms with van der Waals surface area (Å²) in [6.07, 6.45) is 5.39. The summed E-state index contributed by atoms with van der Waals surface area (Å²) in [5.74, 6) is 2.71. The first-order valence-corrected chi connectivity index (χ1v) is 10.6. The summed E-state index contributed by atoms with van der Waals surface area (Å²) in [5.41, 5.74) is 7.61. The Balaban J connectivity index is 1.51. The SMILES string of the molecule is COC1CCCN(c2cc(N3CC4CCC(C3)O4)nc(-c3ccc(N)cc3)n2)C1. The molecule has 2 N–H and O–H groups in total. The van der Waals surface area contributed by atoms with E-state index in [1.165, 1.54) is 0 Å². The van der Waals surface area contributed by atoms with Gasteiger partial charge in [-0.2, -0.15) is 0 Å². The normalized spacial score (nSPS) is 26.7. The molecule has 7 heteroatoms. The zero-order valence-corrected chi connectivity index (χ0v) is 17.0. The van der Waals surface area contributed by atoms with E-state index in [-0.39, 0.29) is 6.10 Å². The van der Waals surface area contributed by atoms with E-state index in [2.05, 4.69) is 15.9 Å². The molecule has 3 atom stereocenters. The van der Waals surface area contributed by atoms with Crippen LogP contribution in [-0.2, 0) is 9.47 Å². The van der Waals surface area contributed by atoms with E-state index < -0.39 is 0 Å². The third-order valence-electron chi connectivity index (χ3n) is 6.27. The summed E-state index contributed by atoms with van der Waals surface area (Å²) in [6, 6.07) is 9.94. The first-order chi connectivity index (χ1) is 14.2. The van der Waals surface area contributed by atoms with Crippen molar-refractivity contribution >= 4 is 17.3 Å². The number of ether oxygens (including phenoxy) is 2. The summed E-state index contributed by atoms with van der Waals surface area (Å²) in [7, 11) is 1.79. The van der Waals surface area contributed by atoms with Crippen LogP contribution in [0.5, 0.6) is 0 Å². The van der Waals surface area contributed by atoms with E-state index >= 15 is 0 Å². The number of nitrogen functional groups attached to an aromatic ring is 1. The van der Waals surface area contributed by atoms with Gasteiger partial charge in [0.1, 0.15) is 11.6 Å². The van der Waals surface area contributed by atoms with E-state index in [0.717, 1.165) is 80.6 Å². The number of hydrogen-bond donors (Lipinski definition) is 1. The summed E-state index contributed by atoms with van der Waals surface area (Å²) in [6.45, 7) is 3.65. The van der Waals surface area contributed by atoms with Crippen molar-refractivity contribution in [3.05, 3.63) is 30.3 Å². The number of piperidine rings is 1. The number of morpholine rings is 1. The molecule has 0 spiro atoms. The van der Waals surface area contributed by atoms with E-state index in [4.69, 9.17) is 25.2 Å². The zero-order valence-electron chi connectivity index (χ0n) is 17.0. The monoisotopic (exact) mass is 395 g/mol. The fraction of sp³-hybridized carbons (Fsp3) is 0.545. The second-order valence-electron chi connectivity index (χ2n) is 8.34. The van der Waals surface area contributed by atoms with Crippen LogP contribution in [-0.4, -0.2) is 61.6 Å². The Kier molecular flexibility index (Phi) is 5.01. The highest BCUT2D eigenvalue weighted by atomic mass is 16.5. The lowest BCUT2D eigenvalue weighted by molar-refractivity contribution is 0.0302. The minimum absolute atomic E-state index is 0.251. The molecule has 29 heavy (non-hydrogen) atoms. The number of nitrogens with zero attached hydrogens (tertiary/aromatic N) is 4. The number of rotatable bonds is 4. The van der Waals surface area contributed by atoms with Crippen molar-refractivity contribution in [3.63, 3.8) is 0 Å². The van der Waals surface area contributed by atoms with Crippen molar-refractivity contribution in [2.45, 2.75) is 44.0 Å². The summed E-state index contributed by atoms with van der Waals surface area (Å²) in [5, 5.41) is 0. The molecule has 4 heterocycles. The van der Waals surface area contributed by atoms with Gasteiger partial charge >= 0.3 is 0 Å². The minimum Gasteiger partial charge on any atom is -0.399 e. The van der Waals surface area contributed by atoms with Crippen LogP contribution >= 0.6 is 0 Å². The first kappa shape index (κ1) is 18.6. The molecular weight excluding hydrogens is 366 g/mol. The van der Waals surface area contributed by atoms with Gasteiger partial charge in [-0.25, -0.2) is 9.97 Å². The standard InChI is InChI=1S/C22H29N5O2/c1-28-17-3-2-10-26(12-17)20-11-21(27-13-18-8-9-19(14-27)29-18)25-22(24-20)15-4-6-16(23)7-5-15/h4-7,11,17-19H,2-3,8-10,12-14,23H2,1H3. The molecule has 0 saturated carbocycles. The zero-order chi connectivity index (χ0) is 19.8. The van der Waals surface area contributed by atoms with Gasteiger partial charge in [0, 0.05) is 50.6 Å². The van der Waals surface area contributed by atoms with Gasteiger partial charge in [-0.05, 0) is 49.9 Å². The van der Waals surface area contributed by atoms with Crippen molar-refractivity contribution in [3.8, 4) is 11.4 Å². The van der Waals surface area contributed by atoms with Crippen LogP contribution in [0.15, 0.2) is 30.3 Å². The highest BCUT2D eigenvalue weighted by molar-refractivity contribution is 5.64. The van der Waals surface area contributed by atoms with Crippen LogP contribution in [0, 0.1) is 0 Å². The predicted molar refractivity (Wildman–Crippen MR) is 114 cm³/mol. The highest BCUT2D eigenvalue weighted by Gasteiger charge is 2.35. The topological polar surface area (TPSA) is 76.7 Å². The third kappa shape index (κ3) is 3.89. The van der Waals surface area contributed by atoms with Gasteiger partial charge in [-0.15, -0.1) is 0 Å². The Bertz CT molecular complexity index is 847. The lowest BCUT2D eigenvalue weighted by atomic mass is 10.1. The third-order valence-corrected chi connectivity index (χ3v) is 6.27. The van der Waals surface area contributed by atoms with Crippen molar-refractivity contribution < 1.29 is 9.47 Å². The van der Waals surface area contributed by atoms with E-state index in [1.54, 1.807) is 7.11 Å². The molecule has 1 aromatic heterocycles. The Labute approximate surface area is 171 Å². The molecule has 2 aromatic rings. The fourth-order valence-corrected chi connectivity index (χ4v) is 4.65. The van der Waals surface area contributed by atoms with Crippen molar-refractivity contribution in [2.24, 2.45) is 0 Å². The van der Waals surface area contributed by atoms with Crippen molar-refractivity contribution in [2.75, 3.05) is 48.8 Å². The Morgan fingerprint density at radius 3 is 2.34 bits per heavy atom. The molecule has 0 aliphatic carbocycles. The first-order valence-electron chi connectivity index (χ1n) is 10.6. The largest absolute Gasteiger partial charge is 0.399 e. The molecule has 3 aliphatic rings. The maximum absolute atomic E-state index is 6.03. The highest BCUT2D eigenvalue weighted by Crippen LogP contribution is 2.32. The van der Waals surface area contributed by atoms with Crippen molar-refractivity contribution in [1.29, 1.82) is 0 Å².